The minimum Gasteiger partial charge on any atom is -0.351 e. The average molecular weight is 448 g/mol. The van der Waals surface area contributed by atoms with Gasteiger partial charge < -0.3 is 10.6 Å². The maximum atomic E-state index is 14.4. The summed E-state index contributed by atoms with van der Waals surface area (Å²) in [5.74, 6) is -2.12. The highest BCUT2D eigenvalue weighted by atomic mass is 19.1. The summed E-state index contributed by atoms with van der Waals surface area (Å²) in [6.07, 6.45) is 0.992. The Morgan fingerprint density at radius 1 is 1.00 bits per heavy atom. The lowest BCUT2D eigenvalue weighted by Crippen LogP contribution is -2.34. The number of hydrogen-bond donors (Lipinski definition) is 2. The van der Waals surface area contributed by atoms with E-state index in [1.165, 1.54) is 6.07 Å². The number of hydrogen-bond acceptors (Lipinski definition) is 4. The number of benzene rings is 2. The van der Waals surface area contributed by atoms with Crippen LogP contribution in [0.4, 0.5) is 8.78 Å². The molecule has 3 heterocycles. The largest absolute Gasteiger partial charge is 0.351 e. The van der Waals surface area contributed by atoms with Crippen LogP contribution in [0.5, 0.6) is 0 Å². The predicted octanol–water partition coefficient (Wildman–Crippen LogP) is 3.64. The molecule has 0 saturated carbocycles. The second-order valence-electron chi connectivity index (χ2n) is 9.14. The van der Waals surface area contributed by atoms with Crippen LogP contribution in [0.25, 0.3) is 11.4 Å². The van der Waals surface area contributed by atoms with Crippen LogP contribution >= 0.6 is 0 Å². The minimum absolute atomic E-state index is 0.00889. The Morgan fingerprint density at radius 3 is 2.33 bits per heavy atom. The molecule has 0 aliphatic carbocycles. The van der Waals surface area contributed by atoms with Gasteiger partial charge >= 0.3 is 0 Å². The van der Waals surface area contributed by atoms with Crippen molar-refractivity contribution < 1.29 is 18.4 Å². The molecule has 33 heavy (non-hydrogen) atoms. The summed E-state index contributed by atoms with van der Waals surface area (Å²) in [5, 5.41) is 5.70. The summed E-state index contributed by atoms with van der Waals surface area (Å²) < 4.78 is 28.7. The van der Waals surface area contributed by atoms with Gasteiger partial charge in [-0.2, -0.15) is 0 Å². The van der Waals surface area contributed by atoms with Crippen molar-refractivity contribution in [3.05, 3.63) is 82.2 Å². The van der Waals surface area contributed by atoms with Crippen molar-refractivity contribution in [1.29, 1.82) is 0 Å². The van der Waals surface area contributed by atoms with Crippen LogP contribution in [0.15, 0.2) is 42.5 Å². The van der Waals surface area contributed by atoms with Crippen LogP contribution in [0.1, 0.15) is 59.1 Å². The number of fused-ring (bicyclic) bond motifs is 1. The number of nitrogens with zero attached hydrogens (tertiary/aromatic N) is 2. The molecular weight excluding hydrogens is 426 g/mol. The third-order valence-electron chi connectivity index (χ3n) is 6.13. The van der Waals surface area contributed by atoms with E-state index < -0.39 is 11.6 Å². The van der Waals surface area contributed by atoms with Gasteiger partial charge in [0.05, 0.1) is 35.0 Å². The summed E-state index contributed by atoms with van der Waals surface area (Å²) in [5.41, 5.74) is 2.39. The van der Waals surface area contributed by atoms with Gasteiger partial charge in [-0.3, -0.25) is 9.59 Å². The molecule has 2 aliphatic heterocycles. The Hall–Kier alpha value is -3.68. The SMILES string of the molecule is CC1(C)C[C@@H](c2ccc(Cc3nc(-c4c(F)cccc4F)nc4c3C(=O)NC4)cc2)C(=O)N1. The first kappa shape index (κ1) is 21.2. The van der Waals surface area contributed by atoms with Crippen LogP contribution in [-0.2, 0) is 17.8 Å². The molecule has 0 unspecified atom stereocenters. The Labute approximate surface area is 189 Å². The molecule has 0 radical (unpaired) electrons. The molecular formula is C25H22F2N4O2. The Balaban J connectivity index is 1.49. The van der Waals surface area contributed by atoms with Gasteiger partial charge in [0.25, 0.3) is 5.91 Å². The molecule has 1 aromatic heterocycles. The Morgan fingerprint density at radius 2 is 1.70 bits per heavy atom. The van der Waals surface area contributed by atoms with Crippen LogP contribution in [-0.4, -0.2) is 27.3 Å². The lowest BCUT2D eigenvalue weighted by atomic mass is 9.90. The van der Waals surface area contributed by atoms with Gasteiger partial charge in [-0.1, -0.05) is 30.3 Å². The van der Waals surface area contributed by atoms with E-state index in [0.29, 0.717) is 23.4 Å². The number of halogens is 2. The van der Waals surface area contributed by atoms with Crippen LogP contribution in [0.2, 0.25) is 0 Å². The monoisotopic (exact) mass is 448 g/mol. The van der Waals surface area contributed by atoms with E-state index in [9.17, 15) is 18.4 Å². The molecule has 2 N–H and O–H groups in total. The van der Waals surface area contributed by atoms with Crippen molar-refractivity contribution in [2.45, 2.75) is 44.7 Å². The highest BCUT2D eigenvalue weighted by Gasteiger charge is 2.38. The summed E-state index contributed by atoms with van der Waals surface area (Å²) in [6, 6.07) is 11.2. The van der Waals surface area contributed by atoms with E-state index in [0.717, 1.165) is 23.3 Å². The smallest absolute Gasteiger partial charge is 0.255 e. The summed E-state index contributed by atoms with van der Waals surface area (Å²) in [4.78, 5) is 33.4. The van der Waals surface area contributed by atoms with E-state index in [1.54, 1.807) is 0 Å². The molecule has 2 aliphatic rings. The molecule has 1 saturated heterocycles. The standard InChI is InChI=1S/C25H22F2N4O2/c1-25(2)11-15(23(32)31-25)14-8-6-13(7-9-14)10-18-21-19(12-28-24(21)33)30-22(29-18)20-16(26)4-3-5-17(20)27/h3-9,15H,10-12H2,1-2H3,(H,28,33)(H,31,32)/t15-/m0/s1. The molecule has 8 heteroatoms. The van der Waals surface area contributed by atoms with E-state index >= 15 is 0 Å². The number of rotatable bonds is 4. The molecule has 2 amide bonds. The van der Waals surface area contributed by atoms with Crippen molar-refractivity contribution in [3.8, 4) is 11.4 Å². The predicted molar refractivity (Wildman–Crippen MR) is 117 cm³/mol. The van der Waals surface area contributed by atoms with Gasteiger partial charge in [-0.25, -0.2) is 18.7 Å². The average Bonchev–Trinajstić information content (AvgIpc) is 3.26. The zero-order valence-corrected chi connectivity index (χ0v) is 18.2. The number of nitrogens with one attached hydrogen (secondary N) is 2. The van der Waals surface area contributed by atoms with Crippen LogP contribution in [0, 0.1) is 11.6 Å². The lowest BCUT2D eigenvalue weighted by molar-refractivity contribution is -0.120. The summed E-state index contributed by atoms with van der Waals surface area (Å²) in [7, 11) is 0. The van der Waals surface area contributed by atoms with E-state index in [-0.39, 0.29) is 47.6 Å². The second kappa shape index (κ2) is 7.72. The van der Waals surface area contributed by atoms with Gasteiger partial charge in [0.2, 0.25) is 5.91 Å². The second-order valence-corrected chi connectivity index (χ2v) is 9.14. The number of carbonyl (C=O) groups is 2. The first-order chi connectivity index (χ1) is 15.7. The van der Waals surface area contributed by atoms with Crippen LogP contribution < -0.4 is 10.6 Å². The quantitative estimate of drug-likeness (QED) is 0.638. The van der Waals surface area contributed by atoms with Crippen LogP contribution in [0.3, 0.4) is 0 Å². The zero-order valence-electron chi connectivity index (χ0n) is 18.2. The first-order valence-corrected chi connectivity index (χ1v) is 10.7. The maximum absolute atomic E-state index is 14.4. The topological polar surface area (TPSA) is 84.0 Å². The van der Waals surface area contributed by atoms with Crippen molar-refractivity contribution >= 4 is 11.8 Å². The van der Waals surface area contributed by atoms with Gasteiger partial charge in [-0.15, -0.1) is 0 Å². The normalized spacial score (nSPS) is 18.7. The van der Waals surface area contributed by atoms with Crippen molar-refractivity contribution in [3.63, 3.8) is 0 Å². The maximum Gasteiger partial charge on any atom is 0.255 e. The van der Waals surface area contributed by atoms with Gasteiger partial charge in [-0.05, 0) is 43.5 Å². The zero-order chi connectivity index (χ0) is 23.3. The third-order valence-corrected chi connectivity index (χ3v) is 6.13. The molecule has 1 fully saturated rings. The van der Waals surface area contributed by atoms with Gasteiger partial charge in [0.15, 0.2) is 5.82 Å². The molecule has 1 atom stereocenters. The molecule has 5 rings (SSSR count). The highest BCUT2D eigenvalue weighted by molar-refractivity contribution is 5.99. The number of carbonyl (C=O) groups excluding carboxylic acids is 2. The fourth-order valence-electron chi connectivity index (χ4n) is 4.56. The van der Waals surface area contributed by atoms with Gasteiger partial charge in [0.1, 0.15) is 11.6 Å². The molecule has 168 valence electrons. The first-order valence-electron chi connectivity index (χ1n) is 10.7. The molecule has 0 spiro atoms. The highest BCUT2D eigenvalue weighted by Crippen LogP contribution is 2.33. The van der Waals surface area contributed by atoms with E-state index in [1.807, 2.05) is 38.1 Å². The van der Waals surface area contributed by atoms with Crippen molar-refractivity contribution in [1.82, 2.24) is 20.6 Å². The Bertz CT molecular complexity index is 1270. The van der Waals surface area contributed by atoms with Crippen molar-refractivity contribution in [2.24, 2.45) is 0 Å². The van der Waals surface area contributed by atoms with E-state index in [2.05, 4.69) is 20.6 Å². The van der Waals surface area contributed by atoms with E-state index in [4.69, 9.17) is 0 Å². The fourth-order valence-corrected chi connectivity index (χ4v) is 4.56. The summed E-state index contributed by atoms with van der Waals surface area (Å²) >= 11 is 0. The lowest BCUT2D eigenvalue weighted by Gasteiger charge is -2.16. The van der Waals surface area contributed by atoms with Gasteiger partial charge in [0, 0.05) is 12.0 Å². The third kappa shape index (κ3) is 3.86. The fraction of sp³-hybridized carbons (Fsp3) is 0.280. The minimum atomic E-state index is -0.764. The Kier molecular flexibility index (Phi) is 4.96. The molecule has 6 nitrogen and oxygen atoms in total. The summed E-state index contributed by atoms with van der Waals surface area (Å²) in [6.45, 7) is 4.17. The number of aromatic nitrogens is 2. The molecule has 3 aromatic rings. The van der Waals surface area contributed by atoms with Crippen molar-refractivity contribution in [2.75, 3.05) is 0 Å². The number of amides is 2. The molecule has 0 bridgehead atoms. The molecule has 2 aromatic carbocycles.